The van der Waals surface area contributed by atoms with Crippen LogP contribution in [-0.2, 0) is 10.2 Å². The molecule has 12 heavy (non-hydrogen) atoms. The molecule has 0 amide bonds. The molecule has 0 aromatic heterocycles. The average Bonchev–Trinajstić information content (AvgIpc) is 2.06. The molecule has 4 nitrogen and oxygen atoms in total. The molecule has 0 aliphatic carbocycles. The van der Waals surface area contributed by atoms with Gasteiger partial charge in [-0.2, -0.15) is 8.42 Å². The van der Waals surface area contributed by atoms with E-state index in [1.807, 2.05) is 0 Å². The maximum Gasteiger partial charge on any atom is 0.276 e. The molecule has 0 atom stereocenters. The molecule has 0 fully saturated rings. The van der Waals surface area contributed by atoms with Gasteiger partial charge in [0.15, 0.2) is 0 Å². The van der Waals surface area contributed by atoms with Crippen molar-refractivity contribution in [2.45, 2.75) is 26.7 Å². The third-order valence-corrected chi connectivity index (χ3v) is 3.07. The van der Waals surface area contributed by atoms with E-state index in [-0.39, 0.29) is 0 Å². The lowest BCUT2D eigenvalue weighted by molar-refractivity contribution is 0.477. The summed E-state index contributed by atoms with van der Waals surface area (Å²) in [5, 5.41) is 0. The van der Waals surface area contributed by atoms with E-state index in [0.717, 1.165) is 12.8 Å². The predicted octanol–water partition coefficient (Wildman–Crippen LogP) is 0.476. The standard InChI is InChI=1S/C7H18N2O2S/c1-4-7(5-2)6-9-12(10,11)8-3/h7-9H,4-6H2,1-3H3. The molecule has 74 valence electrons. The summed E-state index contributed by atoms with van der Waals surface area (Å²) in [6.45, 7) is 4.64. The summed E-state index contributed by atoms with van der Waals surface area (Å²) in [7, 11) is -1.84. The Hall–Kier alpha value is -0.130. The second kappa shape index (κ2) is 5.50. The topological polar surface area (TPSA) is 58.2 Å². The van der Waals surface area contributed by atoms with Gasteiger partial charge in [0.1, 0.15) is 0 Å². The largest absolute Gasteiger partial charge is 0.276 e. The van der Waals surface area contributed by atoms with Crippen molar-refractivity contribution in [1.82, 2.24) is 9.44 Å². The van der Waals surface area contributed by atoms with E-state index >= 15 is 0 Å². The first kappa shape index (κ1) is 11.9. The minimum absolute atomic E-state index is 0.438. The number of hydrogen-bond donors (Lipinski definition) is 2. The molecule has 0 saturated heterocycles. The molecule has 0 bridgehead atoms. The lowest BCUT2D eigenvalue weighted by Gasteiger charge is -2.12. The van der Waals surface area contributed by atoms with Gasteiger partial charge in [-0.25, -0.2) is 9.44 Å². The van der Waals surface area contributed by atoms with Crippen molar-refractivity contribution < 1.29 is 8.42 Å². The van der Waals surface area contributed by atoms with Gasteiger partial charge in [-0.05, 0) is 5.92 Å². The summed E-state index contributed by atoms with van der Waals surface area (Å²) in [5.41, 5.74) is 0. The Morgan fingerprint density at radius 3 is 2.08 bits per heavy atom. The summed E-state index contributed by atoms with van der Waals surface area (Å²) >= 11 is 0. The first-order valence-electron chi connectivity index (χ1n) is 4.23. The zero-order valence-corrected chi connectivity index (χ0v) is 8.74. The van der Waals surface area contributed by atoms with Crippen LogP contribution in [0.25, 0.3) is 0 Å². The van der Waals surface area contributed by atoms with E-state index in [1.165, 1.54) is 7.05 Å². The lowest BCUT2D eigenvalue weighted by atomic mass is 10.0. The highest BCUT2D eigenvalue weighted by atomic mass is 32.2. The van der Waals surface area contributed by atoms with Gasteiger partial charge in [0, 0.05) is 13.6 Å². The van der Waals surface area contributed by atoms with Crippen LogP contribution in [0.15, 0.2) is 0 Å². The molecular weight excluding hydrogens is 176 g/mol. The average molecular weight is 194 g/mol. The summed E-state index contributed by atoms with van der Waals surface area (Å²) in [6, 6.07) is 0. The Morgan fingerprint density at radius 2 is 1.75 bits per heavy atom. The molecule has 0 aromatic rings. The molecule has 0 rings (SSSR count). The summed E-state index contributed by atoms with van der Waals surface area (Å²) in [5.74, 6) is 0.438. The molecule has 0 aliphatic rings. The van der Waals surface area contributed by atoms with Crippen molar-refractivity contribution in [1.29, 1.82) is 0 Å². The molecule has 0 spiro atoms. The van der Waals surface area contributed by atoms with Crippen LogP contribution >= 0.6 is 0 Å². The Bertz CT molecular complexity index is 197. The normalized spacial score (nSPS) is 12.3. The molecule has 2 N–H and O–H groups in total. The smallest absolute Gasteiger partial charge is 0.205 e. The molecule has 5 heteroatoms. The minimum atomic E-state index is -3.23. The summed E-state index contributed by atoms with van der Waals surface area (Å²) < 4.78 is 26.5. The van der Waals surface area contributed by atoms with Gasteiger partial charge in [-0.1, -0.05) is 26.7 Å². The number of rotatable bonds is 6. The van der Waals surface area contributed by atoms with Crippen molar-refractivity contribution in [2.24, 2.45) is 5.92 Å². The van der Waals surface area contributed by atoms with Crippen LogP contribution in [0.4, 0.5) is 0 Å². The Kier molecular flexibility index (Phi) is 5.44. The zero-order valence-electron chi connectivity index (χ0n) is 7.92. The van der Waals surface area contributed by atoms with Gasteiger partial charge in [-0.15, -0.1) is 0 Å². The van der Waals surface area contributed by atoms with Crippen LogP contribution < -0.4 is 9.44 Å². The fraction of sp³-hybridized carbons (Fsp3) is 1.00. The highest BCUT2D eigenvalue weighted by Gasteiger charge is 2.09. The van der Waals surface area contributed by atoms with Crippen LogP contribution in [0.1, 0.15) is 26.7 Å². The maximum absolute atomic E-state index is 10.9. The third kappa shape index (κ3) is 4.69. The van der Waals surface area contributed by atoms with Crippen molar-refractivity contribution in [3.05, 3.63) is 0 Å². The van der Waals surface area contributed by atoms with Crippen LogP contribution in [0.2, 0.25) is 0 Å². The van der Waals surface area contributed by atoms with E-state index in [9.17, 15) is 8.42 Å². The quantitative estimate of drug-likeness (QED) is 0.646. The maximum atomic E-state index is 10.9. The number of hydrogen-bond acceptors (Lipinski definition) is 2. The SMILES string of the molecule is CCC(CC)CNS(=O)(=O)NC. The van der Waals surface area contributed by atoms with Crippen LogP contribution in [0, 0.1) is 5.92 Å². The summed E-state index contributed by atoms with van der Waals surface area (Å²) in [4.78, 5) is 0. The molecule has 0 radical (unpaired) electrons. The van der Waals surface area contributed by atoms with E-state index in [1.54, 1.807) is 0 Å². The van der Waals surface area contributed by atoms with E-state index in [4.69, 9.17) is 0 Å². The molecule has 0 aromatic carbocycles. The van der Waals surface area contributed by atoms with E-state index < -0.39 is 10.2 Å². The Morgan fingerprint density at radius 1 is 1.25 bits per heavy atom. The highest BCUT2D eigenvalue weighted by Crippen LogP contribution is 2.05. The van der Waals surface area contributed by atoms with Gasteiger partial charge in [0.25, 0.3) is 10.2 Å². The number of nitrogens with one attached hydrogen (secondary N) is 2. The van der Waals surface area contributed by atoms with Crippen molar-refractivity contribution in [2.75, 3.05) is 13.6 Å². The lowest BCUT2D eigenvalue weighted by Crippen LogP contribution is -2.36. The molecular formula is C7H18N2O2S. The van der Waals surface area contributed by atoms with Crippen molar-refractivity contribution in [3.63, 3.8) is 0 Å². The predicted molar refractivity (Wildman–Crippen MR) is 50.1 cm³/mol. The van der Waals surface area contributed by atoms with Gasteiger partial charge < -0.3 is 0 Å². The van der Waals surface area contributed by atoms with E-state index in [2.05, 4.69) is 23.3 Å². The Labute approximate surface area is 74.9 Å². The van der Waals surface area contributed by atoms with Crippen LogP contribution in [0.3, 0.4) is 0 Å². The second-order valence-corrected chi connectivity index (χ2v) is 4.44. The first-order chi connectivity index (χ1) is 5.55. The molecule has 0 unspecified atom stereocenters. The van der Waals surface area contributed by atoms with Gasteiger partial charge in [0.05, 0.1) is 0 Å². The molecule has 0 aliphatic heterocycles. The van der Waals surface area contributed by atoms with E-state index in [0.29, 0.717) is 12.5 Å². The van der Waals surface area contributed by atoms with Crippen molar-refractivity contribution in [3.8, 4) is 0 Å². The fourth-order valence-electron chi connectivity index (χ4n) is 0.877. The third-order valence-electron chi connectivity index (χ3n) is 1.99. The van der Waals surface area contributed by atoms with Crippen LogP contribution in [-0.4, -0.2) is 22.0 Å². The van der Waals surface area contributed by atoms with Crippen molar-refractivity contribution >= 4 is 10.2 Å². The zero-order chi connectivity index (χ0) is 9.61. The monoisotopic (exact) mass is 194 g/mol. The Balaban J connectivity index is 3.81. The second-order valence-electron chi connectivity index (χ2n) is 2.74. The molecule has 0 heterocycles. The first-order valence-corrected chi connectivity index (χ1v) is 5.72. The highest BCUT2D eigenvalue weighted by molar-refractivity contribution is 7.87. The van der Waals surface area contributed by atoms with Crippen LogP contribution in [0.5, 0.6) is 0 Å². The van der Waals surface area contributed by atoms with Gasteiger partial charge in [-0.3, -0.25) is 0 Å². The van der Waals surface area contributed by atoms with Gasteiger partial charge in [0.2, 0.25) is 0 Å². The summed E-state index contributed by atoms with van der Waals surface area (Å²) in [6.07, 6.45) is 2.01. The minimum Gasteiger partial charge on any atom is -0.205 e. The molecule has 0 saturated carbocycles. The fourth-order valence-corrected chi connectivity index (χ4v) is 1.48. The van der Waals surface area contributed by atoms with Gasteiger partial charge >= 0.3 is 0 Å².